The zero-order valence-electron chi connectivity index (χ0n) is 21.3. The number of anilines is 2. The molecule has 0 bridgehead atoms. The lowest BCUT2D eigenvalue weighted by molar-refractivity contribution is -0.123. The number of hydrogen-bond acceptors (Lipinski definition) is 8. The molecule has 1 aromatic heterocycles. The van der Waals surface area contributed by atoms with E-state index in [1.165, 1.54) is 4.90 Å². The summed E-state index contributed by atoms with van der Waals surface area (Å²) in [6.07, 6.45) is 1.70. The first kappa shape index (κ1) is 27.1. The average Bonchev–Trinajstić information content (AvgIpc) is 3.56. The summed E-state index contributed by atoms with van der Waals surface area (Å²) in [5, 5.41) is 2.97. The van der Waals surface area contributed by atoms with Gasteiger partial charge in [-0.05, 0) is 73.6 Å². The zero-order valence-corrected chi connectivity index (χ0v) is 22.1. The van der Waals surface area contributed by atoms with Gasteiger partial charge in [-0.3, -0.25) is 19.3 Å². The van der Waals surface area contributed by atoms with Crippen LogP contribution in [0.25, 0.3) is 0 Å². The first-order chi connectivity index (χ1) is 18.3. The van der Waals surface area contributed by atoms with Gasteiger partial charge in [0.15, 0.2) is 5.69 Å². The van der Waals surface area contributed by atoms with Crippen LogP contribution in [0.2, 0.25) is 0 Å². The lowest BCUT2D eigenvalue weighted by Gasteiger charge is -2.32. The summed E-state index contributed by atoms with van der Waals surface area (Å²) in [7, 11) is 0. The molecule has 3 amide bonds. The van der Waals surface area contributed by atoms with Crippen molar-refractivity contribution in [3.8, 4) is 5.75 Å². The van der Waals surface area contributed by atoms with E-state index in [0.717, 1.165) is 29.9 Å². The van der Waals surface area contributed by atoms with Crippen LogP contribution in [-0.4, -0.2) is 48.0 Å². The number of hydrogen-bond donors (Lipinski definition) is 3. The Hall–Kier alpha value is -3.96. The maximum absolute atomic E-state index is 14.1. The summed E-state index contributed by atoms with van der Waals surface area (Å²) in [6.45, 7) is 5.24. The van der Waals surface area contributed by atoms with E-state index < -0.39 is 23.8 Å². The number of nitrogen functional groups attached to an aromatic ring is 1. The second kappa shape index (κ2) is 12.1. The van der Waals surface area contributed by atoms with Gasteiger partial charge in [-0.25, -0.2) is 0 Å². The van der Waals surface area contributed by atoms with Crippen molar-refractivity contribution in [1.29, 1.82) is 0 Å². The van der Waals surface area contributed by atoms with Crippen LogP contribution in [0.15, 0.2) is 48.5 Å². The van der Waals surface area contributed by atoms with Gasteiger partial charge < -0.3 is 26.3 Å². The molecular formula is C27H31N5O5S. The third-order valence-corrected chi connectivity index (χ3v) is 7.05. The predicted molar refractivity (Wildman–Crippen MR) is 145 cm³/mol. The van der Waals surface area contributed by atoms with E-state index in [-0.39, 0.29) is 22.4 Å². The van der Waals surface area contributed by atoms with Crippen molar-refractivity contribution < 1.29 is 23.9 Å². The number of primary amides is 1. The number of carbonyl (C=O) groups is 3. The Morgan fingerprint density at radius 1 is 1.24 bits per heavy atom. The standard InChI is InChI=1S/C27H31N5O5S/c1-3-36-19-11-9-17(10-12-19)23(26(34)30-15-20-8-5-13-37-20)32(18-7-4-6-16(2)14-18)27(35)24-21(28)22(25(29)33)31-38-24/h4,6-7,9-12,14,20,23H,3,5,8,13,15,28H2,1-2H3,(H2,29,33)(H,30,34). The molecule has 38 heavy (non-hydrogen) atoms. The molecule has 1 fully saturated rings. The van der Waals surface area contributed by atoms with Crippen LogP contribution in [0, 0.1) is 6.92 Å². The molecule has 3 aromatic rings. The van der Waals surface area contributed by atoms with Gasteiger partial charge in [0.25, 0.3) is 11.8 Å². The second-order valence-electron chi connectivity index (χ2n) is 8.94. The maximum atomic E-state index is 14.1. The molecule has 2 atom stereocenters. The van der Waals surface area contributed by atoms with E-state index in [1.807, 2.05) is 19.9 Å². The van der Waals surface area contributed by atoms with E-state index in [1.54, 1.807) is 42.5 Å². The van der Waals surface area contributed by atoms with Gasteiger partial charge in [0.2, 0.25) is 5.91 Å². The quantitative estimate of drug-likeness (QED) is 0.359. The van der Waals surface area contributed by atoms with Crippen LogP contribution in [0.4, 0.5) is 11.4 Å². The number of nitrogens with two attached hydrogens (primary N) is 2. The highest BCUT2D eigenvalue weighted by Crippen LogP contribution is 2.34. The average molecular weight is 538 g/mol. The van der Waals surface area contributed by atoms with Crippen molar-refractivity contribution in [1.82, 2.24) is 9.69 Å². The fourth-order valence-electron chi connectivity index (χ4n) is 4.35. The molecule has 1 aliphatic heterocycles. The largest absolute Gasteiger partial charge is 0.494 e. The van der Waals surface area contributed by atoms with Crippen LogP contribution in [0.5, 0.6) is 5.75 Å². The minimum atomic E-state index is -1.07. The predicted octanol–water partition coefficient (Wildman–Crippen LogP) is 3.21. The van der Waals surface area contributed by atoms with Crippen molar-refractivity contribution in [2.45, 2.75) is 38.8 Å². The Labute approximate surface area is 225 Å². The monoisotopic (exact) mass is 537 g/mol. The highest BCUT2D eigenvalue weighted by Gasteiger charge is 2.36. The number of benzene rings is 2. The molecule has 1 saturated heterocycles. The van der Waals surface area contributed by atoms with Crippen molar-refractivity contribution >= 4 is 40.6 Å². The topological polar surface area (TPSA) is 150 Å². The van der Waals surface area contributed by atoms with Gasteiger partial charge in [0.05, 0.1) is 18.4 Å². The van der Waals surface area contributed by atoms with Crippen molar-refractivity contribution in [2.75, 3.05) is 30.4 Å². The molecular weight excluding hydrogens is 506 g/mol. The Morgan fingerprint density at radius 2 is 2.00 bits per heavy atom. The molecule has 1 aliphatic rings. The number of aryl methyl sites for hydroxylation is 1. The van der Waals surface area contributed by atoms with Gasteiger partial charge in [-0.15, -0.1) is 0 Å². The molecule has 2 aromatic carbocycles. The van der Waals surface area contributed by atoms with Crippen molar-refractivity contribution in [2.24, 2.45) is 5.73 Å². The summed E-state index contributed by atoms with van der Waals surface area (Å²) >= 11 is 0.768. The highest BCUT2D eigenvalue weighted by molar-refractivity contribution is 7.09. The molecule has 5 N–H and O–H groups in total. The fourth-order valence-corrected chi connectivity index (χ4v) is 5.09. The van der Waals surface area contributed by atoms with Crippen molar-refractivity contribution in [3.63, 3.8) is 0 Å². The number of nitrogens with one attached hydrogen (secondary N) is 1. The van der Waals surface area contributed by atoms with Crippen LogP contribution >= 0.6 is 11.5 Å². The van der Waals surface area contributed by atoms with Crippen LogP contribution in [0.3, 0.4) is 0 Å². The molecule has 0 spiro atoms. The van der Waals surface area contributed by atoms with Gasteiger partial charge in [-0.2, -0.15) is 4.37 Å². The molecule has 2 heterocycles. The number of aromatic nitrogens is 1. The molecule has 4 rings (SSSR count). The minimum Gasteiger partial charge on any atom is -0.494 e. The van der Waals surface area contributed by atoms with E-state index in [0.29, 0.717) is 36.8 Å². The molecule has 2 unspecified atom stereocenters. The normalized spacial score (nSPS) is 15.6. The first-order valence-electron chi connectivity index (χ1n) is 12.4. The van der Waals surface area contributed by atoms with Gasteiger partial charge >= 0.3 is 0 Å². The summed E-state index contributed by atoms with van der Waals surface area (Å²) in [4.78, 5) is 41.1. The van der Waals surface area contributed by atoms with Gasteiger partial charge in [0, 0.05) is 18.8 Å². The number of amides is 3. The molecule has 0 saturated carbocycles. The molecule has 10 nitrogen and oxygen atoms in total. The fraction of sp³-hybridized carbons (Fsp3) is 0.333. The van der Waals surface area contributed by atoms with Crippen LogP contribution in [-0.2, 0) is 9.53 Å². The maximum Gasteiger partial charge on any atom is 0.273 e. The summed E-state index contributed by atoms with van der Waals surface area (Å²) in [5.41, 5.74) is 13.2. The number of ether oxygens (including phenoxy) is 2. The van der Waals surface area contributed by atoms with Crippen LogP contribution in [0.1, 0.15) is 57.1 Å². The Morgan fingerprint density at radius 3 is 2.61 bits per heavy atom. The first-order valence-corrected chi connectivity index (χ1v) is 13.1. The Kier molecular flexibility index (Phi) is 8.59. The van der Waals surface area contributed by atoms with E-state index in [2.05, 4.69) is 9.69 Å². The van der Waals surface area contributed by atoms with Crippen molar-refractivity contribution in [3.05, 3.63) is 70.2 Å². The number of nitrogens with zero attached hydrogens (tertiary/aromatic N) is 2. The molecule has 11 heteroatoms. The van der Waals surface area contributed by atoms with E-state index >= 15 is 0 Å². The Balaban J connectivity index is 1.80. The van der Waals surface area contributed by atoms with Gasteiger partial charge in [-0.1, -0.05) is 24.3 Å². The van der Waals surface area contributed by atoms with Gasteiger partial charge in [0.1, 0.15) is 16.7 Å². The lowest BCUT2D eigenvalue weighted by atomic mass is 10.0. The highest BCUT2D eigenvalue weighted by atomic mass is 32.1. The minimum absolute atomic E-state index is 0.0168. The third kappa shape index (κ3) is 5.95. The zero-order chi connectivity index (χ0) is 27.2. The SMILES string of the molecule is CCOc1ccc(C(C(=O)NCC2CCCO2)N(C(=O)c2snc(C(N)=O)c2N)c2cccc(C)c2)cc1. The number of rotatable bonds is 10. The number of carbonyl (C=O) groups excluding carboxylic acids is 3. The Bertz CT molecular complexity index is 1300. The summed E-state index contributed by atoms with van der Waals surface area (Å²) < 4.78 is 15.2. The lowest BCUT2D eigenvalue weighted by Crippen LogP contribution is -2.45. The molecule has 0 radical (unpaired) electrons. The van der Waals surface area contributed by atoms with E-state index in [4.69, 9.17) is 20.9 Å². The molecule has 0 aliphatic carbocycles. The molecule has 200 valence electrons. The summed E-state index contributed by atoms with van der Waals surface area (Å²) in [6, 6.07) is 13.2. The summed E-state index contributed by atoms with van der Waals surface area (Å²) in [5.74, 6) is -1.17. The van der Waals surface area contributed by atoms with E-state index in [9.17, 15) is 14.4 Å². The van der Waals surface area contributed by atoms with Crippen LogP contribution < -0.4 is 26.4 Å². The third-order valence-electron chi connectivity index (χ3n) is 6.20. The second-order valence-corrected chi connectivity index (χ2v) is 9.71. The smallest absolute Gasteiger partial charge is 0.273 e.